The Morgan fingerprint density at radius 2 is 1.67 bits per heavy atom. The molecule has 2 N–H and O–H groups in total. The maximum Gasteiger partial charge on any atom is 0.0275 e. The lowest BCUT2D eigenvalue weighted by Gasteiger charge is -2.39. The molecule has 0 bridgehead atoms. The van der Waals surface area contributed by atoms with Gasteiger partial charge in [-0.05, 0) is 32.7 Å². The molecule has 0 saturated heterocycles. The molecule has 0 aromatic rings. The van der Waals surface area contributed by atoms with Gasteiger partial charge >= 0.3 is 0 Å². The number of nitrogens with two attached hydrogens (primary N) is 1. The average molecular weight is 214 g/mol. The van der Waals surface area contributed by atoms with Crippen LogP contribution in [0.25, 0.3) is 0 Å². The molecule has 0 aliphatic carbocycles. The number of nitrogens with zero attached hydrogens (tertiary/aromatic N) is 1. The Morgan fingerprint density at radius 1 is 1.13 bits per heavy atom. The van der Waals surface area contributed by atoms with Crippen LogP contribution in [0.15, 0.2) is 0 Å². The van der Waals surface area contributed by atoms with Crippen LogP contribution >= 0.6 is 0 Å². The average Bonchev–Trinajstić information content (AvgIpc) is 2.24. The van der Waals surface area contributed by atoms with Crippen molar-refractivity contribution < 1.29 is 0 Å². The third-order valence-electron chi connectivity index (χ3n) is 3.48. The summed E-state index contributed by atoms with van der Waals surface area (Å²) in [5.41, 5.74) is 6.01. The Hall–Kier alpha value is -0.0800. The molecule has 0 unspecified atom stereocenters. The van der Waals surface area contributed by atoms with E-state index in [2.05, 4.69) is 39.5 Å². The zero-order valence-electron chi connectivity index (χ0n) is 11.3. The number of hydrogen-bond donors (Lipinski definition) is 1. The SMILES string of the molecule is CCCN(CC(CC)CC)C(C)(C)CN. The number of hydrogen-bond acceptors (Lipinski definition) is 2. The van der Waals surface area contributed by atoms with Crippen LogP contribution in [0.4, 0.5) is 0 Å². The van der Waals surface area contributed by atoms with Gasteiger partial charge in [-0.15, -0.1) is 0 Å². The van der Waals surface area contributed by atoms with Crippen molar-refractivity contribution in [2.45, 2.75) is 59.4 Å². The molecule has 92 valence electrons. The van der Waals surface area contributed by atoms with E-state index in [0.29, 0.717) is 0 Å². The Kier molecular flexibility index (Phi) is 7.20. The lowest BCUT2D eigenvalue weighted by Crippen LogP contribution is -2.51. The summed E-state index contributed by atoms with van der Waals surface area (Å²) in [5, 5.41) is 0. The van der Waals surface area contributed by atoms with Gasteiger partial charge in [-0.2, -0.15) is 0 Å². The van der Waals surface area contributed by atoms with Crippen molar-refractivity contribution in [2.75, 3.05) is 19.6 Å². The van der Waals surface area contributed by atoms with E-state index >= 15 is 0 Å². The molecule has 0 amide bonds. The van der Waals surface area contributed by atoms with Crippen LogP contribution in [0.2, 0.25) is 0 Å². The van der Waals surface area contributed by atoms with Gasteiger partial charge in [-0.25, -0.2) is 0 Å². The fraction of sp³-hybridized carbons (Fsp3) is 1.00. The summed E-state index contributed by atoms with van der Waals surface area (Å²) >= 11 is 0. The van der Waals surface area contributed by atoms with E-state index in [-0.39, 0.29) is 5.54 Å². The first kappa shape index (κ1) is 14.9. The van der Waals surface area contributed by atoms with Gasteiger partial charge in [0.1, 0.15) is 0 Å². The molecule has 0 rings (SSSR count). The molecule has 0 heterocycles. The fourth-order valence-electron chi connectivity index (χ4n) is 1.90. The van der Waals surface area contributed by atoms with Crippen molar-refractivity contribution >= 4 is 0 Å². The summed E-state index contributed by atoms with van der Waals surface area (Å²) in [6, 6.07) is 0. The van der Waals surface area contributed by atoms with Gasteiger partial charge in [0.05, 0.1) is 0 Å². The first-order valence-electron chi connectivity index (χ1n) is 6.46. The van der Waals surface area contributed by atoms with E-state index in [9.17, 15) is 0 Å². The Morgan fingerprint density at radius 3 is 2.00 bits per heavy atom. The van der Waals surface area contributed by atoms with E-state index in [4.69, 9.17) is 5.73 Å². The van der Waals surface area contributed by atoms with Crippen LogP contribution in [-0.2, 0) is 0 Å². The molecule has 0 atom stereocenters. The van der Waals surface area contributed by atoms with Gasteiger partial charge in [0, 0.05) is 18.6 Å². The molecule has 0 saturated carbocycles. The molecule has 0 radical (unpaired) electrons. The van der Waals surface area contributed by atoms with Gasteiger partial charge in [-0.3, -0.25) is 4.90 Å². The van der Waals surface area contributed by atoms with Crippen molar-refractivity contribution in [2.24, 2.45) is 11.7 Å². The fourth-order valence-corrected chi connectivity index (χ4v) is 1.90. The molecule has 0 aromatic heterocycles. The summed E-state index contributed by atoms with van der Waals surface area (Å²) in [7, 11) is 0. The minimum absolute atomic E-state index is 0.151. The van der Waals surface area contributed by atoms with Crippen molar-refractivity contribution in [1.29, 1.82) is 0 Å². The maximum absolute atomic E-state index is 5.85. The van der Waals surface area contributed by atoms with Gasteiger partial charge in [0.2, 0.25) is 0 Å². The van der Waals surface area contributed by atoms with Crippen LogP contribution < -0.4 is 5.73 Å². The first-order chi connectivity index (χ1) is 7.01. The maximum atomic E-state index is 5.85. The monoisotopic (exact) mass is 214 g/mol. The van der Waals surface area contributed by atoms with Gasteiger partial charge in [-0.1, -0.05) is 33.6 Å². The van der Waals surface area contributed by atoms with Crippen molar-refractivity contribution in [3.8, 4) is 0 Å². The minimum atomic E-state index is 0.151. The molecule has 0 spiro atoms. The van der Waals surface area contributed by atoms with Crippen LogP contribution in [0.1, 0.15) is 53.9 Å². The van der Waals surface area contributed by atoms with Gasteiger partial charge in [0.25, 0.3) is 0 Å². The third kappa shape index (κ3) is 4.98. The third-order valence-corrected chi connectivity index (χ3v) is 3.48. The molecule has 15 heavy (non-hydrogen) atoms. The van der Waals surface area contributed by atoms with Crippen molar-refractivity contribution in [3.63, 3.8) is 0 Å². The smallest absolute Gasteiger partial charge is 0.0275 e. The summed E-state index contributed by atoms with van der Waals surface area (Å²) in [6.45, 7) is 14.4. The lowest BCUT2D eigenvalue weighted by molar-refractivity contribution is 0.102. The lowest BCUT2D eigenvalue weighted by atomic mass is 9.97. The first-order valence-corrected chi connectivity index (χ1v) is 6.46. The van der Waals surface area contributed by atoms with Gasteiger partial charge in [0.15, 0.2) is 0 Å². The highest BCUT2D eigenvalue weighted by molar-refractivity contribution is 4.83. The summed E-state index contributed by atoms with van der Waals surface area (Å²) in [4.78, 5) is 2.56. The standard InChI is InChI=1S/C13H30N2/c1-6-9-15(13(4,5)11-14)10-12(7-2)8-3/h12H,6-11,14H2,1-5H3. The summed E-state index contributed by atoms with van der Waals surface area (Å²) in [6.07, 6.45) is 3.76. The van der Waals surface area contributed by atoms with Crippen molar-refractivity contribution in [3.05, 3.63) is 0 Å². The highest BCUT2D eigenvalue weighted by atomic mass is 15.2. The predicted octanol–water partition coefficient (Wildman–Crippen LogP) is 2.87. The van der Waals surface area contributed by atoms with Crippen LogP contribution in [-0.4, -0.2) is 30.1 Å². The Balaban J connectivity index is 4.38. The second-order valence-corrected chi connectivity index (χ2v) is 5.15. The molecule has 0 fully saturated rings. The second-order valence-electron chi connectivity index (χ2n) is 5.15. The van der Waals surface area contributed by atoms with Gasteiger partial charge < -0.3 is 5.73 Å². The molecule has 2 heteroatoms. The van der Waals surface area contributed by atoms with Crippen molar-refractivity contribution in [1.82, 2.24) is 4.90 Å². The molecular weight excluding hydrogens is 184 g/mol. The zero-order valence-corrected chi connectivity index (χ0v) is 11.3. The van der Waals surface area contributed by atoms with E-state index in [1.54, 1.807) is 0 Å². The second kappa shape index (κ2) is 7.24. The molecule has 0 aliphatic heterocycles. The topological polar surface area (TPSA) is 29.3 Å². The van der Waals surface area contributed by atoms with E-state index in [0.717, 1.165) is 12.5 Å². The Bertz CT molecular complexity index is 151. The molecule has 0 aromatic carbocycles. The van der Waals surface area contributed by atoms with E-state index in [1.165, 1.54) is 32.4 Å². The van der Waals surface area contributed by atoms with Crippen LogP contribution in [0.3, 0.4) is 0 Å². The van der Waals surface area contributed by atoms with E-state index < -0.39 is 0 Å². The summed E-state index contributed by atoms with van der Waals surface area (Å²) < 4.78 is 0. The van der Waals surface area contributed by atoms with Crippen LogP contribution in [0.5, 0.6) is 0 Å². The molecule has 2 nitrogen and oxygen atoms in total. The van der Waals surface area contributed by atoms with E-state index in [1.807, 2.05) is 0 Å². The predicted molar refractivity (Wildman–Crippen MR) is 69.1 cm³/mol. The zero-order chi connectivity index (χ0) is 11.9. The summed E-state index contributed by atoms with van der Waals surface area (Å²) in [5.74, 6) is 0.822. The largest absolute Gasteiger partial charge is 0.329 e. The highest BCUT2D eigenvalue weighted by Gasteiger charge is 2.25. The molecular formula is C13H30N2. The Labute approximate surface area is 96.2 Å². The van der Waals surface area contributed by atoms with Crippen LogP contribution in [0, 0.1) is 5.92 Å². The number of rotatable bonds is 8. The highest BCUT2D eigenvalue weighted by Crippen LogP contribution is 2.18. The molecule has 0 aliphatic rings. The quantitative estimate of drug-likeness (QED) is 0.673. The minimum Gasteiger partial charge on any atom is -0.329 e. The normalized spacial score (nSPS) is 12.8.